The summed E-state index contributed by atoms with van der Waals surface area (Å²) in [5, 5.41) is 0. The molecular formula is C11H10Br2O. The fourth-order valence-corrected chi connectivity index (χ4v) is 2.51. The van der Waals surface area contributed by atoms with Gasteiger partial charge >= 0.3 is 0 Å². The summed E-state index contributed by atoms with van der Waals surface area (Å²) >= 11 is 6.88. The highest BCUT2D eigenvalue weighted by atomic mass is 79.9. The topological polar surface area (TPSA) is 17.1 Å². The van der Waals surface area contributed by atoms with E-state index in [2.05, 4.69) is 31.9 Å². The Kier molecular flexibility index (Phi) is 2.56. The molecule has 1 aliphatic rings. The summed E-state index contributed by atoms with van der Waals surface area (Å²) in [6.45, 7) is 1.94. The van der Waals surface area contributed by atoms with E-state index in [1.807, 2.05) is 25.1 Å². The lowest BCUT2D eigenvalue weighted by Crippen LogP contribution is -2.33. The summed E-state index contributed by atoms with van der Waals surface area (Å²) in [7, 11) is 0. The van der Waals surface area contributed by atoms with Crippen molar-refractivity contribution < 1.29 is 4.79 Å². The molecule has 1 aliphatic carbocycles. The normalized spacial score (nSPS) is 26.1. The molecular weight excluding hydrogens is 308 g/mol. The van der Waals surface area contributed by atoms with Crippen LogP contribution in [0.1, 0.15) is 29.3 Å². The zero-order valence-electron chi connectivity index (χ0n) is 7.81. The van der Waals surface area contributed by atoms with Crippen LogP contribution in [0.2, 0.25) is 0 Å². The molecule has 1 unspecified atom stereocenters. The zero-order valence-corrected chi connectivity index (χ0v) is 11.0. The highest BCUT2D eigenvalue weighted by molar-refractivity contribution is 9.10. The first-order valence-electron chi connectivity index (χ1n) is 4.53. The number of hydrogen-bond acceptors (Lipinski definition) is 1. The number of fused-ring (bicyclic) bond motifs is 1. The average molecular weight is 318 g/mol. The summed E-state index contributed by atoms with van der Waals surface area (Å²) < 4.78 is 0.593. The van der Waals surface area contributed by atoms with E-state index in [-0.39, 0.29) is 10.1 Å². The molecule has 0 bridgehead atoms. The third-order valence-corrected chi connectivity index (χ3v) is 3.90. The first kappa shape index (κ1) is 10.4. The number of carbonyl (C=O) groups excluding carboxylic acids is 1. The van der Waals surface area contributed by atoms with E-state index in [0.717, 1.165) is 28.4 Å². The fourth-order valence-electron chi connectivity index (χ4n) is 1.74. The monoisotopic (exact) mass is 316 g/mol. The van der Waals surface area contributed by atoms with Crippen molar-refractivity contribution in [1.29, 1.82) is 0 Å². The maximum atomic E-state index is 12.0. The van der Waals surface area contributed by atoms with Crippen molar-refractivity contribution in [2.45, 2.75) is 24.1 Å². The summed E-state index contributed by atoms with van der Waals surface area (Å²) in [5.74, 6) is 0.194. The van der Waals surface area contributed by atoms with E-state index in [4.69, 9.17) is 0 Å². The second-order valence-corrected chi connectivity index (χ2v) is 6.49. The van der Waals surface area contributed by atoms with Gasteiger partial charge in [-0.2, -0.15) is 0 Å². The van der Waals surface area contributed by atoms with Gasteiger partial charge in [0.2, 0.25) is 0 Å². The van der Waals surface area contributed by atoms with Crippen LogP contribution < -0.4 is 0 Å². The van der Waals surface area contributed by atoms with Crippen LogP contribution in [0.4, 0.5) is 0 Å². The first-order chi connectivity index (χ1) is 6.50. The third-order valence-electron chi connectivity index (χ3n) is 2.65. The largest absolute Gasteiger partial charge is 0.293 e. The molecule has 0 heterocycles. The van der Waals surface area contributed by atoms with Crippen LogP contribution >= 0.6 is 31.9 Å². The van der Waals surface area contributed by atoms with E-state index >= 15 is 0 Å². The minimum atomic E-state index is -0.374. The Hall–Kier alpha value is -0.150. The van der Waals surface area contributed by atoms with E-state index in [0.29, 0.717) is 0 Å². The molecule has 1 nitrogen and oxygen atoms in total. The number of hydrogen-bond donors (Lipinski definition) is 0. The van der Waals surface area contributed by atoms with Crippen LogP contribution in [0.3, 0.4) is 0 Å². The van der Waals surface area contributed by atoms with Gasteiger partial charge in [0.05, 0.1) is 4.32 Å². The van der Waals surface area contributed by atoms with E-state index in [9.17, 15) is 4.79 Å². The molecule has 1 aromatic rings. The summed E-state index contributed by atoms with van der Waals surface area (Å²) in [5.41, 5.74) is 2.01. The van der Waals surface area contributed by atoms with E-state index in [1.165, 1.54) is 0 Å². The molecule has 3 heteroatoms. The fraction of sp³-hybridized carbons (Fsp3) is 0.364. The van der Waals surface area contributed by atoms with Gasteiger partial charge in [-0.15, -0.1) is 0 Å². The minimum absolute atomic E-state index is 0.194. The molecule has 1 aromatic carbocycles. The number of benzene rings is 1. The predicted molar refractivity (Wildman–Crippen MR) is 64.1 cm³/mol. The summed E-state index contributed by atoms with van der Waals surface area (Å²) in [6, 6.07) is 5.93. The Balaban J connectivity index is 2.54. The Bertz CT molecular complexity index is 396. The summed E-state index contributed by atoms with van der Waals surface area (Å²) in [6.07, 6.45) is 1.84. The number of rotatable bonds is 0. The molecule has 0 aliphatic heterocycles. The molecule has 0 aromatic heterocycles. The molecule has 2 rings (SSSR count). The molecule has 0 radical (unpaired) electrons. The van der Waals surface area contributed by atoms with Crippen LogP contribution in [0.15, 0.2) is 22.7 Å². The Morgan fingerprint density at radius 3 is 2.86 bits per heavy atom. The predicted octanol–water partition coefficient (Wildman–Crippen LogP) is 3.73. The maximum absolute atomic E-state index is 12.0. The van der Waals surface area contributed by atoms with Crippen LogP contribution in [0.25, 0.3) is 0 Å². The van der Waals surface area contributed by atoms with Gasteiger partial charge in [0.1, 0.15) is 0 Å². The third kappa shape index (κ3) is 1.68. The van der Waals surface area contributed by atoms with Crippen molar-refractivity contribution in [3.05, 3.63) is 33.8 Å². The molecule has 0 fully saturated rings. The molecule has 0 saturated heterocycles. The zero-order chi connectivity index (χ0) is 10.3. The maximum Gasteiger partial charge on any atom is 0.179 e. The number of alkyl halides is 1. The van der Waals surface area contributed by atoms with Crippen LogP contribution in [-0.2, 0) is 6.42 Å². The number of Topliss-reactive ketones (excluding diaryl/α,β-unsaturated/α-hetero) is 1. The number of aryl methyl sites for hydroxylation is 1. The molecule has 0 spiro atoms. The van der Waals surface area contributed by atoms with E-state index < -0.39 is 0 Å². The number of ketones is 1. The van der Waals surface area contributed by atoms with Gasteiger partial charge in [-0.3, -0.25) is 4.79 Å². The second-order valence-electron chi connectivity index (χ2n) is 3.83. The SMILES string of the molecule is CC1(Br)CCc2ccc(Br)cc2C1=O. The van der Waals surface area contributed by atoms with Crippen molar-refractivity contribution in [2.75, 3.05) is 0 Å². The van der Waals surface area contributed by atoms with Crippen molar-refractivity contribution in [2.24, 2.45) is 0 Å². The van der Waals surface area contributed by atoms with Crippen molar-refractivity contribution in [3.63, 3.8) is 0 Å². The van der Waals surface area contributed by atoms with E-state index in [1.54, 1.807) is 0 Å². The highest BCUT2D eigenvalue weighted by Gasteiger charge is 2.35. The molecule has 1 atom stereocenters. The lowest BCUT2D eigenvalue weighted by Gasteiger charge is -2.27. The number of carbonyl (C=O) groups is 1. The highest BCUT2D eigenvalue weighted by Crippen LogP contribution is 2.35. The Morgan fingerprint density at radius 2 is 2.14 bits per heavy atom. The first-order valence-corrected chi connectivity index (χ1v) is 6.11. The second kappa shape index (κ2) is 3.46. The Morgan fingerprint density at radius 1 is 1.43 bits per heavy atom. The van der Waals surface area contributed by atoms with Crippen molar-refractivity contribution in [1.82, 2.24) is 0 Å². The lowest BCUT2D eigenvalue weighted by molar-refractivity contribution is 0.0940. The summed E-state index contributed by atoms with van der Waals surface area (Å²) in [4.78, 5) is 12.0. The van der Waals surface area contributed by atoms with Gasteiger partial charge in [-0.05, 0) is 37.5 Å². The van der Waals surface area contributed by atoms with Gasteiger partial charge in [0.25, 0.3) is 0 Å². The smallest absolute Gasteiger partial charge is 0.179 e. The van der Waals surface area contributed by atoms with Crippen molar-refractivity contribution >= 4 is 37.6 Å². The van der Waals surface area contributed by atoms with Crippen LogP contribution in [0.5, 0.6) is 0 Å². The van der Waals surface area contributed by atoms with Gasteiger partial charge < -0.3 is 0 Å². The van der Waals surface area contributed by atoms with Gasteiger partial charge in [-0.1, -0.05) is 37.9 Å². The molecule has 0 amide bonds. The molecule has 0 saturated carbocycles. The Labute approximate surface area is 100 Å². The van der Waals surface area contributed by atoms with Gasteiger partial charge in [0.15, 0.2) is 5.78 Å². The minimum Gasteiger partial charge on any atom is -0.293 e. The quantitative estimate of drug-likeness (QED) is 0.666. The van der Waals surface area contributed by atoms with Crippen LogP contribution in [0, 0.1) is 0 Å². The van der Waals surface area contributed by atoms with Crippen molar-refractivity contribution in [3.8, 4) is 0 Å². The van der Waals surface area contributed by atoms with Gasteiger partial charge in [0, 0.05) is 10.0 Å². The molecule has 74 valence electrons. The van der Waals surface area contributed by atoms with Gasteiger partial charge in [-0.25, -0.2) is 0 Å². The lowest BCUT2D eigenvalue weighted by atomic mass is 9.84. The molecule has 14 heavy (non-hydrogen) atoms. The standard InChI is InChI=1S/C11H10Br2O/c1-11(13)5-4-7-2-3-8(12)6-9(7)10(11)14/h2-3,6H,4-5H2,1H3. The van der Waals surface area contributed by atoms with Crippen LogP contribution in [-0.4, -0.2) is 10.1 Å². The average Bonchev–Trinajstić information content (AvgIpc) is 2.13. The number of halogens is 2. The molecule has 0 N–H and O–H groups in total.